The first-order valence-corrected chi connectivity index (χ1v) is 4.93. The van der Waals surface area contributed by atoms with Gasteiger partial charge in [-0.3, -0.25) is 4.79 Å². The number of carbonyl (C=O) groups is 1. The highest BCUT2D eigenvalue weighted by Crippen LogP contribution is 2.05. The van der Waals surface area contributed by atoms with Gasteiger partial charge in [-0.05, 0) is 40.3 Å². The molecule has 0 atom stereocenters. The Morgan fingerprint density at radius 2 is 2.00 bits per heavy atom. The fourth-order valence-corrected chi connectivity index (χ4v) is 1.28. The third-order valence-electron chi connectivity index (χ3n) is 1.52. The van der Waals surface area contributed by atoms with Gasteiger partial charge in [0.15, 0.2) is 0 Å². The molecule has 0 saturated heterocycles. The minimum atomic E-state index is -0.828. The van der Waals surface area contributed by atoms with Gasteiger partial charge in [-0.25, -0.2) is 0 Å². The van der Waals surface area contributed by atoms with Crippen molar-refractivity contribution in [3.63, 3.8) is 0 Å². The number of halogens is 1. The molecule has 1 aromatic carbocycles. The number of carboxylic acids is 1. The van der Waals surface area contributed by atoms with E-state index in [9.17, 15) is 4.79 Å². The summed E-state index contributed by atoms with van der Waals surface area (Å²) >= 11 is 2.23. The first-order chi connectivity index (χ1) is 6.18. The molecule has 0 bridgehead atoms. The molecule has 3 nitrogen and oxygen atoms in total. The lowest BCUT2D eigenvalue weighted by molar-refractivity contribution is -0.135. The highest BCUT2D eigenvalue weighted by atomic mass is 127. The molecule has 4 heteroatoms. The number of rotatable bonds is 4. The van der Waals surface area contributed by atoms with Crippen molar-refractivity contribution in [2.24, 2.45) is 0 Å². The van der Waals surface area contributed by atoms with Crippen LogP contribution in [0.2, 0.25) is 0 Å². The van der Waals surface area contributed by atoms with Crippen LogP contribution in [0.4, 0.5) is 0 Å². The Bertz CT molecular complexity index is 284. The topological polar surface area (TPSA) is 49.3 Å². The van der Waals surface area contributed by atoms with E-state index < -0.39 is 5.97 Å². The van der Waals surface area contributed by atoms with E-state index in [1.54, 1.807) is 0 Å². The number of hydrogen-bond donors (Lipinski definition) is 2. The molecule has 0 spiro atoms. The van der Waals surface area contributed by atoms with Crippen LogP contribution in [0.15, 0.2) is 24.3 Å². The summed E-state index contributed by atoms with van der Waals surface area (Å²) in [6.07, 6.45) is 0. The molecule has 0 aliphatic rings. The van der Waals surface area contributed by atoms with Crippen LogP contribution in [0, 0.1) is 3.57 Å². The van der Waals surface area contributed by atoms with Gasteiger partial charge in [-0.1, -0.05) is 12.1 Å². The number of hydrogen-bond acceptors (Lipinski definition) is 2. The molecule has 13 heavy (non-hydrogen) atoms. The van der Waals surface area contributed by atoms with E-state index in [1.165, 1.54) is 3.57 Å². The number of carboxylic acid groups (broad SMARTS) is 1. The zero-order chi connectivity index (χ0) is 9.68. The first-order valence-electron chi connectivity index (χ1n) is 3.85. The summed E-state index contributed by atoms with van der Waals surface area (Å²) in [5.74, 6) is -0.828. The van der Waals surface area contributed by atoms with Gasteiger partial charge < -0.3 is 10.4 Å². The van der Waals surface area contributed by atoms with Gasteiger partial charge in [0.2, 0.25) is 0 Å². The lowest BCUT2D eigenvalue weighted by Gasteiger charge is -2.01. The molecule has 0 saturated carbocycles. The van der Waals surface area contributed by atoms with Crippen molar-refractivity contribution in [3.8, 4) is 0 Å². The second-order valence-electron chi connectivity index (χ2n) is 2.62. The third kappa shape index (κ3) is 4.23. The summed E-state index contributed by atoms with van der Waals surface area (Å²) in [6, 6.07) is 7.96. The molecule has 0 amide bonds. The van der Waals surface area contributed by atoms with Gasteiger partial charge >= 0.3 is 5.97 Å². The van der Waals surface area contributed by atoms with Gasteiger partial charge in [0, 0.05) is 10.1 Å². The Morgan fingerprint density at radius 3 is 2.54 bits per heavy atom. The summed E-state index contributed by atoms with van der Waals surface area (Å²) in [5.41, 5.74) is 1.10. The zero-order valence-corrected chi connectivity index (χ0v) is 9.11. The molecule has 0 aliphatic heterocycles. The number of benzene rings is 1. The van der Waals surface area contributed by atoms with Crippen molar-refractivity contribution in [2.75, 3.05) is 6.54 Å². The maximum Gasteiger partial charge on any atom is 0.317 e. The maximum atomic E-state index is 10.2. The van der Waals surface area contributed by atoms with E-state index in [1.807, 2.05) is 24.3 Å². The summed E-state index contributed by atoms with van der Waals surface area (Å²) in [7, 11) is 0. The summed E-state index contributed by atoms with van der Waals surface area (Å²) < 4.78 is 1.18. The van der Waals surface area contributed by atoms with Crippen molar-refractivity contribution >= 4 is 28.6 Å². The van der Waals surface area contributed by atoms with Gasteiger partial charge in [0.25, 0.3) is 0 Å². The first kappa shape index (κ1) is 10.5. The Labute approximate surface area is 90.3 Å². The quantitative estimate of drug-likeness (QED) is 0.826. The largest absolute Gasteiger partial charge is 0.480 e. The van der Waals surface area contributed by atoms with E-state index in [0.29, 0.717) is 6.54 Å². The fraction of sp³-hybridized carbons (Fsp3) is 0.222. The van der Waals surface area contributed by atoms with Gasteiger partial charge in [0.1, 0.15) is 0 Å². The molecule has 1 aromatic rings. The lowest BCUT2D eigenvalue weighted by atomic mass is 10.2. The number of aliphatic carboxylic acids is 1. The molecule has 0 fully saturated rings. The molecule has 70 valence electrons. The van der Waals surface area contributed by atoms with Crippen molar-refractivity contribution in [3.05, 3.63) is 33.4 Å². The second-order valence-corrected chi connectivity index (χ2v) is 3.87. The Kier molecular flexibility index (Phi) is 4.17. The second kappa shape index (κ2) is 5.18. The van der Waals surface area contributed by atoms with Crippen LogP contribution in [0.25, 0.3) is 0 Å². The van der Waals surface area contributed by atoms with E-state index in [0.717, 1.165) is 5.56 Å². The van der Waals surface area contributed by atoms with Crippen molar-refractivity contribution in [1.82, 2.24) is 5.32 Å². The predicted octanol–water partition coefficient (Wildman–Crippen LogP) is 1.47. The summed E-state index contributed by atoms with van der Waals surface area (Å²) in [4.78, 5) is 10.2. The summed E-state index contributed by atoms with van der Waals surface area (Å²) in [5, 5.41) is 11.2. The van der Waals surface area contributed by atoms with Crippen molar-refractivity contribution < 1.29 is 9.90 Å². The zero-order valence-electron chi connectivity index (χ0n) is 6.96. The molecule has 0 aromatic heterocycles. The molecular formula is C9H10INO2. The highest BCUT2D eigenvalue weighted by molar-refractivity contribution is 14.1. The monoisotopic (exact) mass is 291 g/mol. The minimum absolute atomic E-state index is 0.00594. The fourth-order valence-electron chi connectivity index (χ4n) is 0.916. The van der Waals surface area contributed by atoms with Crippen molar-refractivity contribution in [2.45, 2.75) is 6.54 Å². The van der Waals surface area contributed by atoms with Crippen LogP contribution in [-0.4, -0.2) is 17.6 Å². The minimum Gasteiger partial charge on any atom is -0.480 e. The Balaban J connectivity index is 2.37. The normalized spacial score (nSPS) is 9.92. The lowest BCUT2D eigenvalue weighted by Crippen LogP contribution is -2.21. The smallest absolute Gasteiger partial charge is 0.317 e. The highest BCUT2D eigenvalue weighted by Gasteiger charge is 1.96. The standard InChI is InChI=1S/C9H10INO2/c10-8-3-1-7(2-4-8)5-11-6-9(12)13/h1-4,11H,5-6H2,(H,12,13). The van der Waals surface area contributed by atoms with Crippen LogP contribution in [0.5, 0.6) is 0 Å². The summed E-state index contributed by atoms with van der Waals surface area (Å²) in [6.45, 7) is 0.606. The van der Waals surface area contributed by atoms with Crippen LogP contribution in [0.3, 0.4) is 0 Å². The predicted molar refractivity (Wildman–Crippen MR) is 58.5 cm³/mol. The number of nitrogens with one attached hydrogen (secondary N) is 1. The molecule has 0 heterocycles. The van der Waals surface area contributed by atoms with E-state index in [-0.39, 0.29) is 6.54 Å². The SMILES string of the molecule is O=C(O)CNCc1ccc(I)cc1. The van der Waals surface area contributed by atoms with E-state index in [2.05, 4.69) is 27.9 Å². The van der Waals surface area contributed by atoms with Crippen molar-refractivity contribution in [1.29, 1.82) is 0 Å². The molecule has 1 rings (SSSR count). The molecule has 2 N–H and O–H groups in total. The molecular weight excluding hydrogens is 281 g/mol. The average molecular weight is 291 g/mol. The van der Waals surface area contributed by atoms with Crippen LogP contribution >= 0.6 is 22.6 Å². The molecule has 0 radical (unpaired) electrons. The van der Waals surface area contributed by atoms with E-state index >= 15 is 0 Å². The van der Waals surface area contributed by atoms with Gasteiger partial charge in [-0.2, -0.15) is 0 Å². The molecule has 0 aliphatic carbocycles. The Hall–Kier alpha value is -0.620. The average Bonchev–Trinajstić information content (AvgIpc) is 2.08. The Morgan fingerprint density at radius 1 is 1.38 bits per heavy atom. The maximum absolute atomic E-state index is 10.2. The van der Waals surface area contributed by atoms with Crippen LogP contribution in [-0.2, 0) is 11.3 Å². The van der Waals surface area contributed by atoms with E-state index in [4.69, 9.17) is 5.11 Å². The van der Waals surface area contributed by atoms with Gasteiger partial charge in [-0.15, -0.1) is 0 Å². The molecule has 0 unspecified atom stereocenters. The van der Waals surface area contributed by atoms with Gasteiger partial charge in [0.05, 0.1) is 6.54 Å². The van der Waals surface area contributed by atoms with Crippen LogP contribution < -0.4 is 5.32 Å². The van der Waals surface area contributed by atoms with Crippen LogP contribution in [0.1, 0.15) is 5.56 Å². The third-order valence-corrected chi connectivity index (χ3v) is 2.24.